The number of phenolic OH excluding ortho intramolecular Hbond substituents is 1. The molecule has 10 nitrogen and oxygen atoms in total. The quantitative estimate of drug-likeness (QED) is 0.319. The van der Waals surface area contributed by atoms with Crippen LogP contribution in [-0.2, 0) is 14.3 Å². The number of phenols is 1. The Morgan fingerprint density at radius 3 is 2.44 bits per heavy atom. The van der Waals surface area contributed by atoms with Crippen molar-refractivity contribution in [2.45, 2.75) is 18.8 Å². The van der Waals surface area contributed by atoms with Crippen LogP contribution in [0.5, 0.6) is 23.0 Å². The van der Waals surface area contributed by atoms with Crippen LogP contribution in [0, 0.1) is 0 Å². The Morgan fingerprint density at radius 1 is 1.05 bits per heavy atom. The molecule has 2 heterocycles. The smallest absolute Gasteiger partial charge is 0.274 e. The van der Waals surface area contributed by atoms with Gasteiger partial charge in [-0.3, -0.25) is 8.98 Å². The Hall–Kier alpha value is -3.96. The average molecular weight is 555 g/mol. The molecule has 11 heteroatoms. The third-order valence-electron chi connectivity index (χ3n) is 7.05. The summed E-state index contributed by atoms with van der Waals surface area (Å²) in [5.41, 5.74) is 2.16. The Kier molecular flexibility index (Phi) is 7.04. The van der Waals surface area contributed by atoms with Gasteiger partial charge in [-0.15, -0.1) is 0 Å². The number of benzene rings is 3. The van der Waals surface area contributed by atoms with Crippen LogP contribution in [0.15, 0.2) is 42.5 Å². The van der Waals surface area contributed by atoms with Crippen molar-refractivity contribution >= 4 is 43.4 Å². The maximum Gasteiger partial charge on any atom is 0.274 e. The second-order valence-electron chi connectivity index (χ2n) is 9.45. The first-order valence-electron chi connectivity index (χ1n) is 12.4. The number of nitrogens with one attached hydrogen (secondary N) is 1. The molecule has 0 aliphatic carbocycles. The first-order chi connectivity index (χ1) is 18.7. The van der Waals surface area contributed by atoms with Gasteiger partial charge in [-0.1, -0.05) is 24.3 Å². The molecular formula is C28H30N2O8S. The van der Waals surface area contributed by atoms with Crippen LogP contribution >= 0.6 is 0 Å². The lowest BCUT2D eigenvalue weighted by molar-refractivity contribution is 0.0983. The third-order valence-corrected chi connectivity index (χ3v) is 7.62. The van der Waals surface area contributed by atoms with Gasteiger partial charge in [0.15, 0.2) is 11.5 Å². The van der Waals surface area contributed by atoms with E-state index in [1.807, 2.05) is 18.2 Å². The fraction of sp³-hybridized carbons (Fsp3) is 0.321. The molecule has 0 bridgehead atoms. The number of fused-ring (bicyclic) bond motifs is 4. The second kappa shape index (κ2) is 10.3. The lowest BCUT2D eigenvalue weighted by Crippen LogP contribution is -2.32. The molecule has 1 aromatic heterocycles. The standard InChI is InChI=1S/C28H30N2O8S/c1-35-23-13-17-12-20(29-25(17)27(37-3)26(23)36-2)28(32)30-11-7-8-16(15-38-39(4,33)34)24-19-10-6-5-9-18(19)22(31)14-21(24)30/h5-6,9-10,12-14,16,29,31H,7-8,11,15H2,1-4H3/t16-/m1/s1. The van der Waals surface area contributed by atoms with Crippen LogP contribution in [0.25, 0.3) is 21.7 Å². The molecule has 1 amide bonds. The van der Waals surface area contributed by atoms with Gasteiger partial charge in [0, 0.05) is 29.3 Å². The summed E-state index contributed by atoms with van der Waals surface area (Å²) in [5, 5.41) is 13.0. The molecule has 1 aliphatic heterocycles. The van der Waals surface area contributed by atoms with Gasteiger partial charge < -0.3 is 29.2 Å². The fourth-order valence-corrected chi connectivity index (χ4v) is 5.78. The molecule has 1 aliphatic rings. The van der Waals surface area contributed by atoms with E-state index in [1.165, 1.54) is 21.3 Å². The number of amides is 1. The number of aromatic nitrogens is 1. The summed E-state index contributed by atoms with van der Waals surface area (Å²) >= 11 is 0. The number of anilines is 1. The molecule has 206 valence electrons. The van der Waals surface area contributed by atoms with Gasteiger partial charge in [0.2, 0.25) is 5.75 Å². The van der Waals surface area contributed by atoms with E-state index >= 15 is 0 Å². The van der Waals surface area contributed by atoms with Gasteiger partial charge in [-0.25, -0.2) is 0 Å². The zero-order valence-electron chi connectivity index (χ0n) is 22.1. The van der Waals surface area contributed by atoms with Crippen molar-refractivity contribution in [1.82, 2.24) is 4.98 Å². The van der Waals surface area contributed by atoms with E-state index in [0.29, 0.717) is 64.3 Å². The van der Waals surface area contributed by atoms with Crippen LogP contribution < -0.4 is 19.1 Å². The molecule has 3 aromatic carbocycles. The molecule has 0 saturated heterocycles. The van der Waals surface area contributed by atoms with Crippen molar-refractivity contribution in [2.75, 3.05) is 45.6 Å². The molecule has 5 rings (SSSR count). The van der Waals surface area contributed by atoms with Crippen LogP contribution in [0.2, 0.25) is 0 Å². The number of aromatic amines is 1. The summed E-state index contributed by atoms with van der Waals surface area (Å²) in [4.78, 5) is 18.8. The number of hydrogen-bond acceptors (Lipinski definition) is 8. The van der Waals surface area contributed by atoms with Crippen LogP contribution in [0.4, 0.5) is 5.69 Å². The number of rotatable bonds is 7. The molecule has 0 saturated carbocycles. The highest BCUT2D eigenvalue weighted by Crippen LogP contribution is 2.45. The van der Waals surface area contributed by atoms with E-state index in [4.69, 9.17) is 18.4 Å². The zero-order chi connectivity index (χ0) is 27.9. The lowest BCUT2D eigenvalue weighted by Gasteiger charge is -2.25. The van der Waals surface area contributed by atoms with Crippen molar-refractivity contribution in [1.29, 1.82) is 0 Å². The highest BCUT2D eigenvalue weighted by atomic mass is 32.2. The fourth-order valence-electron chi connectivity index (χ4n) is 5.37. The van der Waals surface area contributed by atoms with Gasteiger partial charge >= 0.3 is 0 Å². The van der Waals surface area contributed by atoms with E-state index in [0.717, 1.165) is 17.2 Å². The number of carbonyl (C=O) groups is 1. The van der Waals surface area contributed by atoms with Crippen molar-refractivity contribution < 1.29 is 36.7 Å². The molecule has 0 unspecified atom stereocenters. The van der Waals surface area contributed by atoms with E-state index in [1.54, 1.807) is 29.2 Å². The molecular weight excluding hydrogens is 524 g/mol. The van der Waals surface area contributed by atoms with E-state index in [2.05, 4.69) is 4.98 Å². The van der Waals surface area contributed by atoms with Crippen LogP contribution in [0.1, 0.15) is 34.8 Å². The van der Waals surface area contributed by atoms with Gasteiger partial charge in [0.25, 0.3) is 16.0 Å². The highest BCUT2D eigenvalue weighted by molar-refractivity contribution is 7.85. The molecule has 0 fully saturated rings. The maximum absolute atomic E-state index is 14.0. The van der Waals surface area contributed by atoms with Crippen molar-refractivity contribution in [3.8, 4) is 23.0 Å². The normalized spacial score (nSPS) is 15.7. The number of H-pyrrole nitrogens is 1. The first kappa shape index (κ1) is 26.6. The molecule has 2 N–H and O–H groups in total. The zero-order valence-corrected chi connectivity index (χ0v) is 22.9. The summed E-state index contributed by atoms with van der Waals surface area (Å²) in [7, 11) is 0.873. The Labute approximate surface area is 226 Å². The SMILES string of the molecule is COc1cc2cc(C(=O)N3CCC[C@H](COS(C)(=O)=O)c4c3cc(O)c3ccccc43)[nH]c2c(OC)c1OC. The Balaban J connectivity index is 1.65. The predicted octanol–water partition coefficient (Wildman–Crippen LogP) is 4.55. The first-order valence-corrected chi connectivity index (χ1v) is 14.2. The van der Waals surface area contributed by atoms with E-state index in [-0.39, 0.29) is 24.2 Å². The number of aromatic hydroxyl groups is 1. The minimum Gasteiger partial charge on any atom is -0.507 e. The van der Waals surface area contributed by atoms with Gasteiger partial charge in [0.1, 0.15) is 11.4 Å². The highest BCUT2D eigenvalue weighted by Gasteiger charge is 2.32. The Morgan fingerprint density at radius 2 is 1.77 bits per heavy atom. The number of carbonyl (C=O) groups excluding carboxylic acids is 1. The number of nitrogens with zero attached hydrogens (tertiary/aromatic N) is 1. The second-order valence-corrected chi connectivity index (χ2v) is 11.1. The number of ether oxygens (including phenoxy) is 3. The molecule has 0 spiro atoms. The summed E-state index contributed by atoms with van der Waals surface area (Å²) in [6.45, 7) is 0.296. The summed E-state index contributed by atoms with van der Waals surface area (Å²) < 4.78 is 45.4. The van der Waals surface area contributed by atoms with Crippen molar-refractivity contribution in [3.05, 3.63) is 53.7 Å². The van der Waals surface area contributed by atoms with Crippen LogP contribution in [0.3, 0.4) is 0 Å². The van der Waals surface area contributed by atoms with Crippen molar-refractivity contribution in [2.24, 2.45) is 0 Å². The monoisotopic (exact) mass is 554 g/mol. The average Bonchev–Trinajstić information content (AvgIpc) is 3.26. The van der Waals surface area contributed by atoms with Gasteiger partial charge in [0.05, 0.1) is 45.4 Å². The largest absolute Gasteiger partial charge is 0.507 e. The van der Waals surface area contributed by atoms with Crippen LogP contribution in [-0.4, -0.2) is 65.2 Å². The minimum absolute atomic E-state index is 0.0274. The predicted molar refractivity (Wildman–Crippen MR) is 148 cm³/mol. The summed E-state index contributed by atoms with van der Waals surface area (Å²) in [5.74, 6) is 0.674. The Bertz CT molecular complexity index is 1680. The topological polar surface area (TPSA) is 127 Å². The van der Waals surface area contributed by atoms with E-state index < -0.39 is 10.1 Å². The third kappa shape index (κ3) is 4.83. The molecule has 1 atom stereocenters. The number of methoxy groups -OCH3 is 3. The summed E-state index contributed by atoms with van der Waals surface area (Å²) in [6, 6.07) is 12.4. The molecule has 39 heavy (non-hydrogen) atoms. The van der Waals surface area contributed by atoms with E-state index in [9.17, 15) is 18.3 Å². The minimum atomic E-state index is -3.67. The van der Waals surface area contributed by atoms with Gasteiger partial charge in [-0.2, -0.15) is 8.42 Å². The maximum atomic E-state index is 14.0. The summed E-state index contributed by atoms with van der Waals surface area (Å²) in [6.07, 6.45) is 2.21. The lowest BCUT2D eigenvalue weighted by atomic mass is 9.89. The molecule has 0 radical (unpaired) electrons. The number of hydrogen-bond donors (Lipinski definition) is 2. The van der Waals surface area contributed by atoms with Crippen molar-refractivity contribution in [3.63, 3.8) is 0 Å². The van der Waals surface area contributed by atoms with Gasteiger partial charge in [-0.05, 0) is 35.9 Å². The molecule has 4 aromatic rings.